The summed E-state index contributed by atoms with van der Waals surface area (Å²) in [6.45, 7) is 4.12. The van der Waals surface area contributed by atoms with Crippen molar-refractivity contribution in [3.05, 3.63) is 72.8 Å². The average molecular weight is 444 g/mol. The molecule has 1 aliphatic rings. The molecule has 0 saturated carbocycles. The molecule has 31 heavy (non-hydrogen) atoms. The Hall–Kier alpha value is -3.17. The summed E-state index contributed by atoms with van der Waals surface area (Å²) in [5.41, 5.74) is 1.17. The van der Waals surface area contributed by atoms with Crippen LogP contribution in [0.25, 0.3) is 0 Å². The van der Waals surface area contributed by atoms with E-state index >= 15 is 0 Å². The fourth-order valence-electron chi connectivity index (χ4n) is 3.26. The van der Waals surface area contributed by atoms with Crippen molar-refractivity contribution in [2.24, 2.45) is 0 Å². The van der Waals surface area contributed by atoms with Crippen molar-refractivity contribution in [2.45, 2.75) is 30.4 Å². The average Bonchev–Trinajstić information content (AvgIpc) is 2.79. The number of piperidine rings is 1. The highest BCUT2D eigenvalue weighted by atomic mass is 32.2. The number of sulfonamides is 1. The standard InChI is InChI=1S/C22H25N3O5S/c1-2-21(26)23-18-11-13-25(14-12-18)31(28,29)20-10-6-9-19(15-20)24-22(27)30-16-17-7-4-3-5-8-17/h2-10,15,18H,1,11-14,16H2,(H,23,26)(H,24,27). The molecule has 0 atom stereocenters. The largest absolute Gasteiger partial charge is 0.444 e. The normalized spacial score (nSPS) is 15.1. The van der Waals surface area contributed by atoms with Crippen molar-refractivity contribution in [3.63, 3.8) is 0 Å². The van der Waals surface area contributed by atoms with Crippen molar-refractivity contribution in [2.75, 3.05) is 18.4 Å². The molecule has 8 nitrogen and oxygen atoms in total. The molecule has 0 bridgehead atoms. The van der Waals surface area contributed by atoms with Crippen molar-refractivity contribution in [3.8, 4) is 0 Å². The van der Waals surface area contributed by atoms with Gasteiger partial charge < -0.3 is 10.1 Å². The zero-order valence-electron chi connectivity index (χ0n) is 17.0. The van der Waals surface area contributed by atoms with E-state index in [-0.39, 0.29) is 23.5 Å². The molecule has 2 aromatic rings. The Balaban J connectivity index is 1.59. The van der Waals surface area contributed by atoms with Crippen LogP contribution in [0.4, 0.5) is 10.5 Å². The molecule has 3 rings (SSSR count). The van der Waals surface area contributed by atoms with E-state index in [9.17, 15) is 18.0 Å². The van der Waals surface area contributed by atoms with Gasteiger partial charge in [-0.15, -0.1) is 0 Å². The van der Waals surface area contributed by atoms with E-state index in [4.69, 9.17) is 4.74 Å². The number of benzene rings is 2. The van der Waals surface area contributed by atoms with Gasteiger partial charge in [-0.2, -0.15) is 4.31 Å². The first kappa shape index (κ1) is 22.5. The van der Waals surface area contributed by atoms with Crippen molar-refractivity contribution >= 4 is 27.7 Å². The molecule has 2 amide bonds. The van der Waals surface area contributed by atoms with Gasteiger partial charge in [-0.05, 0) is 42.7 Å². The lowest BCUT2D eigenvalue weighted by molar-refractivity contribution is -0.117. The van der Waals surface area contributed by atoms with Crippen LogP contribution in [0.15, 0.2) is 72.1 Å². The first-order valence-electron chi connectivity index (χ1n) is 9.89. The van der Waals surface area contributed by atoms with Gasteiger partial charge in [0.1, 0.15) is 6.61 Å². The van der Waals surface area contributed by atoms with Crippen LogP contribution in [0.1, 0.15) is 18.4 Å². The van der Waals surface area contributed by atoms with Crippen LogP contribution in [0, 0.1) is 0 Å². The van der Waals surface area contributed by atoms with Crippen LogP contribution in [0.3, 0.4) is 0 Å². The van der Waals surface area contributed by atoms with Gasteiger partial charge in [0.2, 0.25) is 15.9 Å². The minimum absolute atomic E-state index is 0.0793. The van der Waals surface area contributed by atoms with Gasteiger partial charge in [0.05, 0.1) is 4.90 Å². The van der Waals surface area contributed by atoms with Gasteiger partial charge in [0.25, 0.3) is 0 Å². The molecule has 9 heteroatoms. The summed E-state index contributed by atoms with van der Waals surface area (Å²) < 4.78 is 32.6. The van der Waals surface area contributed by atoms with Crippen molar-refractivity contribution < 1.29 is 22.7 Å². The maximum Gasteiger partial charge on any atom is 0.411 e. The number of hydrogen-bond acceptors (Lipinski definition) is 5. The minimum Gasteiger partial charge on any atom is -0.444 e. The number of hydrogen-bond donors (Lipinski definition) is 2. The molecule has 0 unspecified atom stereocenters. The van der Waals surface area contributed by atoms with E-state index in [0.717, 1.165) is 5.56 Å². The van der Waals surface area contributed by atoms with E-state index < -0.39 is 16.1 Å². The molecule has 1 saturated heterocycles. The molecule has 0 radical (unpaired) electrons. The molecular formula is C22H25N3O5S. The highest BCUT2D eigenvalue weighted by Crippen LogP contribution is 2.23. The Labute approximate surface area is 181 Å². The lowest BCUT2D eigenvalue weighted by Gasteiger charge is -2.31. The quantitative estimate of drug-likeness (QED) is 0.641. The monoisotopic (exact) mass is 443 g/mol. The topological polar surface area (TPSA) is 105 Å². The number of nitrogens with zero attached hydrogens (tertiary/aromatic N) is 1. The molecule has 0 aliphatic carbocycles. The number of nitrogens with one attached hydrogen (secondary N) is 2. The summed E-state index contributed by atoms with van der Waals surface area (Å²) in [7, 11) is -3.72. The van der Waals surface area contributed by atoms with Gasteiger partial charge in [-0.1, -0.05) is 43.0 Å². The van der Waals surface area contributed by atoms with Crippen LogP contribution in [0.2, 0.25) is 0 Å². The number of carbonyl (C=O) groups excluding carboxylic acids is 2. The van der Waals surface area contributed by atoms with E-state index in [1.165, 1.54) is 22.5 Å². The Bertz CT molecular complexity index is 1030. The van der Waals surface area contributed by atoms with Gasteiger partial charge in [-0.3, -0.25) is 10.1 Å². The second-order valence-electron chi connectivity index (χ2n) is 7.11. The molecule has 2 aromatic carbocycles. The first-order valence-corrected chi connectivity index (χ1v) is 11.3. The molecule has 1 heterocycles. The highest BCUT2D eigenvalue weighted by Gasteiger charge is 2.30. The fraction of sp³-hybridized carbons (Fsp3) is 0.273. The zero-order valence-corrected chi connectivity index (χ0v) is 17.8. The summed E-state index contributed by atoms with van der Waals surface area (Å²) in [4.78, 5) is 23.6. The lowest BCUT2D eigenvalue weighted by Crippen LogP contribution is -2.46. The van der Waals surface area contributed by atoms with Crippen LogP contribution in [-0.4, -0.2) is 43.9 Å². The SMILES string of the molecule is C=CC(=O)NC1CCN(S(=O)(=O)c2cccc(NC(=O)OCc3ccccc3)c2)CC1. The fourth-order valence-corrected chi connectivity index (χ4v) is 4.78. The predicted molar refractivity (Wildman–Crippen MR) is 117 cm³/mol. The highest BCUT2D eigenvalue weighted by molar-refractivity contribution is 7.89. The van der Waals surface area contributed by atoms with Crippen LogP contribution < -0.4 is 10.6 Å². The van der Waals surface area contributed by atoms with Gasteiger partial charge in [0, 0.05) is 24.8 Å². The number of amides is 2. The molecule has 0 aromatic heterocycles. The van der Waals surface area contributed by atoms with Crippen LogP contribution in [-0.2, 0) is 26.2 Å². The summed E-state index contributed by atoms with van der Waals surface area (Å²) in [6.07, 6.45) is 1.56. The summed E-state index contributed by atoms with van der Waals surface area (Å²) in [5, 5.41) is 5.36. The molecule has 1 aliphatic heterocycles. The molecule has 0 spiro atoms. The Morgan fingerprint density at radius 3 is 2.48 bits per heavy atom. The van der Waals surface area contributed by atoms with E-state index in [0.29, 0.717) is 31.6 Å². The summed E-state index contributed by atoms with van der Waals surface area (Å²) in [5.74, 6) is -0.265. The maximum absolute atomic E-state index is 13.0. The molecule has 2 N–H and O–H groups in total. The number of rotatable bonds is 7. The van der Waals surface area contributed by atoms with Gasteiger partial charge in [0.15, 0.2) is 0 Å². The first-order chi connectivity index (χ1) is 14.9. The number of ether oxygens (including phenoxy) is 1. The van der Waals surface area contributed by atoms with Crippen molar-refractivity contribution in [1.29, 1.82) is 0 Å². The second-order valence-corrected chi connectivity index (χ2v) is 9.04. The third-order valence-corrected chi connectivity index (χ3v) is 6.81. The van der Waals surface area contributed by atoms with E-state index in [1.807, 2.05) is 30.3 Å². The van der Waals surface area contributed by atoms with Crippen LogP contribution >= 0.6 is 0 Å². The third kappa shape index (κ3) is 6.16. The summed E-state index contributed by atoms with van der Waals surface area (Å²) >= 11 is 0. The van der Waals surface area contributed by atoms with Crippen LogP contribution in [0.5, 0.6) is 0 Å². The summed E-state index contributed by atoms with van der Waals surface area (Å²) in [6, 6.07) is 15.2. The van der Waals surface area contributed by atoms with E-state index in [1.54, 1.807) is 12.1 Å². The lowest BCUT2D eigenvalue weighted by atomic mass is 10.1. The Morgan fingerprint density at radius 1 is 1.10 bits per heavy atom. The third-order valence-electron chi connectivity index (χ3n) is 4.92. The molecular weight excluding hydrogens is 418 g/mol. The molecule has 164 valence electrons. The molecule has 1 fully saturated rings. The number of carbonyl (C=O) groups is 2. The van der Waals surface area contributed by atoms with Gasteiger partial charge in [-0.25, -0.2) is 13.2 Å². The Kier molecular flexibility index (Phi) is 7.43. The maximum atomic E-state index is 13.0. The van der Waals surface area contributed by atoms with Gasteiger partial charge >= 0.3 is 6.09 Å². The second kappa shape index (κ2) is 10.2. The zero-order chi connectivity index (χ0) is 22.3. The number of anilines is 1. The van der Waals surface area contributed by atoms with E-state index in [2.05, 4.69) is 17.2 Å². The van der Waals surface area contributed by atoms with Crippen molar-refractivity contribution in [1.82, 2.24) is 9.62 Å². The smallest absolute Gasteiger partial charge is 0.411 e. The minimum atomic E-state index is -3.72. The Morgan fingerprint density at radius 2 is 1.81 bits per heavy atom. The predicted octanol–water partition coefficient (Wildman–Crippen LogP) is 2.89.